The Morgan fingerprint density at radius 2 is 1.71 bits per heavy atom. The van der Waals surface area contributed by atoms with Crippen LogP contribution >= 0.6 is 11.6 Å². The van der Waals surface area contributed by atoms with Gasteiger partial charge < -0.3 is 4.74 Å². The van der Waals surface area contributed by atoms with Gasteiger partial charge in [-0.1, -0.05) is 36.6 Å². The Balaban J connectivity index is 1.84. The summed E-state index contributed by atoms with van der Waals surface area (Å²) in [6.07, 6.45) is -1.02. The molecule has 2 aromatic carbocycles. The highest BCUT2D eigenvalue weighted by Gasteiger charge is 2.32. The summed E-state index contributed by atoms with van der Waals surface area (Å²) in [6.45, 7) is 0. The second kappa shape index (κ2) is 8.31. The third-order valence-electron chi connectivity index (χ3n) is 4.73. The molecule has 4 nitrogen and oxygen atoms in total. The monoisotopic (exact) mass is 433 g/mol. The van der Waals surface area contributed by atoms with Crippen LogP contribution in [0.2, 0.25) is 5.02 Å². The molecule has 2 aromatic rings. The Hall–Kier alpha value is -1.77. The van der Waals surface area contributed by atoms with Crippen molar-refractivity contribution in [2.24, 2.45) is 5.92 Å². The molecule has 1 N–H and O–H groups in total. The first-order valence-electron chi connectivity index (χ1n) is 8.78. The third-order valence-corrected chi connectivity index (χ3v) is 6.42. The highest BCUT2D eigenvalue weighted by atomic mass is 35.5. The van der Waals surface area contributed by atoms with Gasteiger partial charge in [-0.25, -0.2) is 13.1 Å². The van der Waals surface area contributed by atoms with E-state index >= 15 is 0 Å². The van der Waals surface area contributed by atoms with Crippen molar-refractivity contribution in [1.82, 2.24) is 4.72 Å². The van der Waals surface area contributed by atoms with Crippen molar-refractivity contribution in [3.63, 3.8) is 0 Å². The zero-order valence-corrected chi connectivity index (χ0v) is 16.3. The summed E-state index contributed by atoms with van der Waals surface area (Å²) in [5, 5.41) is 0.508. The molecule has 0 unspecified atom stereocenters. The predicted octanol–water partition coefficient (Wildman–Crippen LogP) is 5.45. The van der Waals surface area contributed by atoms with Gasteiger partial charge in [-0.2, -0.15) is 0 Å². The van der Waals surface area contributed by atoms with Crippen LogP contribution in [-0.2, 0) is 10.0 Å². The van der Waals surface area contributed by atoms with Gasteiger partial charge in [0.2, 0.25) is 10.0 Å². The maximum absolute atomic E-state index is 12.8. The first kappa shape index (κ1) is 21.0. The standard InChI is InChI=1S/C19H19ClF3NO3S/c20-15-7-3-6-14(12-15)18(13-4-1-2-5-13)24-28(25,26)17-10-8-16(9-11-17)27-19(21,22)23/h3,6-13,18,24H,1-2,4-5H2/t18-/m1/s1. The molecular formula is C19H19ClF3NO3S. The molecule has 152 valence electrons. The highest BCUT2D eigenvalue weighted by Crippen LogP contribution is 2.37. The zero-order valence-electron chi connectivity index (χ0n) is 14.7. The minimum atomic E-state index is -4.83. The number of sulfonamides is 1. The maximum atomic E-state index is 12.8. The Labute approximate surface area is 166 Å². The molecular weight excluding hydrogens is 415 g/mol. The lowest BCUT2D eigenvalue weighted by molar-refractivity contribution is -0.274. The largest absolute Gasteiger partial charge is 0.573 e. The third kappa shape index (κ3) is 5.40. The van der Waals surface area contributed by atoms with E-state index in [1.807, 2.05) is 6.07 Å². The average Bonchev–Trinajstić information content (AvgIpc) is 3.13. The van der Waals surface area contributed by atoms with E-state index < -0.39 is 28.2 Å². The molecule has 1 aliphatic rings. The van der Waals surface area contributed by atoms with Crippen molar-refractivity contribution in [2.45, 2.75) is 43.0 Å². The lowest BCUT2D eigenvalue weighted by atomic mass is 9.92. The van der Waals surface area contributed by atoms with Gasteiger partial charge in [-0.3, -0.25) is 0 Å². The molecule has 0 saturated heterocycles. The molecule has 0 amide bonds. The second-order valence-electron chi connectivity index (χ2n) is 6.72. The van der Waals surface area contributed by atoms with Gasteiger partial charge >= 0.3 is 6.36 Å². The van der Waals surface area contributed by atoms with Crippen LogP contribution in [0, 0.1) is 5.92 Å². The quantitative estimate of drug-likeness (QED) is 0.659. The second-order valence-corrected chi connectivity index (χ2v) is 8.87. The number of rotatable bonds is 6. The molecule has 1 aliphatic carbocycles. The zero-order chi connectivity index (χ0) is 20.4. The Kier molecular flexibility index (Phi) is 6.21. The number of alkyl halides is 3. The Morgan fingerprint density at radius 3 is 2.29 bits per heavy atom. The average molecular weight is 434 g/mol. The van der Waals surface area contributed by atoms with Crippen LogP contribution in [0.1, 0.15) is 37.3 Å². The van der Waals surface area contributed by atoms with E-state index in [2.05, 4.69) is 9.46 Å². The van der Waals surface area contributed by atoms with E-state index in [1.165, 1.54) is 0 Å². The number of ether oxygens (including phenoxy) is 1. The van der Waals surface area contributed by atoms with E-state index in [0.29, 0.717) is 5.02 Å². The fourth-order valence-electron chi connectivity index (χ4n) is 3.48. The van der Waals surface area contributed by atoms with Gasteiger partial charge in [0.15, 0.2) is 0 Å². The summed E-state index contributed by atoms with van der Waals surface area (Å²) >= 11 is 6.07. The fourth-order valence-corrected chi connectivity index (χ4v) is 4.97. The molecule has 0 aliphatic heterocycles. The van der Waals surface area contributed by atoms with Gasteiger partial charge in [-0.05, 0) is 60.7 Å². The van der Waals surface area contributed by atoms with Crippen molar-refractivity contribution in [1.29, 1.82) is 0 Å². The molecule has 0 heterocycles. The summed E-state index contributed by atoms with van der Waals surface area (Å²) in [7, 11) is -3.95. The van der Waals surface area contributed by atoms with E-state index in [-0.39, 0.29) is 10.8 Å². The van der Waals surface area contributed by atoms with Gasteiger partial charge in [0.05, 0.1) is 4.90 Å². The fraction of sp³-hybridized carbons (Fsp3) is 0.368. The van der Waals surface area contributed by atoms with Gasteiger partial charge in [0.25, 0.3) is 0 Å². The molecule has 1 atom stereocenters. The van der Waals surface area contributed by atoms with Gasteiger partial charge in [-0.15, -0.1) is 13.2 Å². The van der Waals surface area contributed by atoms with Gasteiger partial charge in [0.1, 0.15) is 5.75 Å². The lowest BCUT2D eigenvalue weighted by Gasteiger charge is -2.25. The topological polar surface area (TPSA) is 55.4 Å². The molecule has 0 aromatic heterocycles. The Morgan fingerprint density at radius 1 is 1.07 bits per heavy atom. The number of benzene rings is 2. The van der Waals surface area contributed by atoms with Gasteiger partial charge in [0, 0.05) is 11.1 Å². The molecule has 0 spiro atoms. The van der Waals surface area contributed by atoms with E-state index in [4.69, 9.17) is 11.6 Å². The lowest BCUT2D eigenvalue weighted by Crippen LogP contribution is -2.32. The highest BCUT2D eigenvalue weighted by molar-refractivity contribution is 7.89. The van der Waals surface area contributed by atoms with E-state index in [1.54, 1.807) is 18.2 Å². The van der Waals surface area contributed by atoms with Crippen LogP contribution in [0.25, 0.3) is 0 Å². The van der Waals surface area contributed by atoms with Crippen molar-refractivity contribution in [2.75, 3.05) is 0 Å². The minimum Gasteiger partial charge on any atom is -0.406 e. The summed E-state index contributed by atoms with van der Waals surface area (Å²) in [5.74, 6) is -0.352. The van der Waals surface area contributed by atoms with Crippen molar-refractivity contribution >= 4 is 21.6 Å². The van der Waals surface area contributed by atoms with E-state index in [9.17, 15) is 21.6 Å². The SMILES string of the molecule is O=S(=O)(N[C@@H](c1cccc(Cl)c1)C1CCCC1)c1ccc(OC(F)(F)F)cc1. The Bertz CT molecular complexity index is 911. The smallest absolute Gasteiger partial charge is 0.406 e. The first-order valence-corrected chi connectivity index (χ1v) is 10.6. The molecule has 0 bridgehead atoms. The van der Waals surface area contributed by atoms with E-state index in [0.717, 1.165) is 55.5 Å². The molecule has 3 rings (SSSR count). The predicted molar refractivity (Wildman–Crippen MR) is 99.6 cm³/mol. The molecule has 28 heavy (non-hydrogen) atoms. The molecule has 0 radical (unpaired) electrons. The van der Waals surface area contributed by atoms with Crippen molar-refractivity contribution in [3.05, 3.63) is 59.1 Å². The van der Waals surface area contributed by atoms with Crippen LogP contribution in [0.3, 0.4) is 0 Å². The van der Waals surface area contributed by atoms with Crippen molar-refractivity contribution in [3.8, 4) is 5.75 Å². The number of halogens is 4. The number of nitrogens with one attached hydrogen (secondary N) is 1. The molecule has 1 saturated carbocycles. The maximum Gasteiger partial charge on any atom is 0.573 e. The molecule has 9 heteroatoms. The number of hydrogen-bond acceptors (Lipinski definition) is 3. The van der Waals surface area contributed by atoms with Crippen LogP contribution in [-0.4, -0.2) is 14.8 Å². The van der Waals surface area contributed by atoms with Crippen LogP contribution in [0.15, 0.2) is 53.4 Å². The summed E-state index contributed by atoms with van der Waals surface area (Å²) in [4.78, 5) is -0.132. The van der Waals surface area contributed by atoms with Crippen LogP contribution in [0.5, 0.6) is 5.75 Å². The minimum absolute atomic E-state index is 0.126. The molecule has 1 fully saturated rings. The number of hydrogen-bond donors (Lipinski definition) is 1. The summed E-state index contributed by atoms with van der Waals surface area (Å²) < 4.78 is 69.0. The van der Waals surface area contributed by atoms with Crippen molar-refractivity contribution < 1.29 is 26.3 Å². The summed E-state index contributed by atoms with van der Waals surface area (Å²) in [5.41, 5.74) is 0.764. The summed E-state index contributed by atoms with van der Waals surface area (Å²) in [6, 6.07) is 10.7. The first-order chi connectivity index (χ1) is 13.1. The van der Waals surface area contributed by atoms with Crippen LogP contribution < -0.4 is 9.46 Å². The van der Waals surface area contributed by atoms with Crippen LogP contribution in [0.4, 0.5) is 13.2 Å². The normalized spacial score (nSPS) is 16.9.